The largest absolute Gasteiger partial charge is 0.495 e. The van der Waals surface area contributed by atoms with Crippen molar-refractivity contribution in [2.75, 3.05) is 55.0 Å². The molecule has 9 nitrogen and oxygen atoms in total. The zero-order valence-corrected chi connectivity index (χ0v) is 25.0. The van der Waals surface area contributed by atoms with Crippen LogP contribution in [0, 0.1) is 20.8 Å². The van der Waals surface area contributed by atoms with E-state index in [0.29, 0.717) is 36.2 Å². The van der Waals surface area contributed by atoms with E-state index in [4.69, 9.17) is 14.7 Å². The van der Waals surface area contributed by atoms with Crippen molar-refractivity contribution in [3.8, 4) is 5.75 Å². The molecule has 0 bridgehead atoms. The number of hydrogen-bond acceptors (Lipinski definition) is 7. The number of fused-ring (bicyclic) bond motifs is 1. The van der Waals surface area contributed by atoms with Crippen molar-refractivity contribution >= 4 is 29.0 Å². The first-order valence-corrected chi connectivity index (χ1v) is 14.4. The molecule has 0 unspecified atom stereocenters. The Bertz CT molecular complexity index is 1590. The van der Waals surface area contributed by atoms with Gasteiger partial charge < -0.3 is 14.5 Å². The van der Waals surface area contributed by atoms with Crippen molar-refractivity contribution in [3.05, 3.63) is 94.6 Å². The van der Waals surface area contributed by atoms with E-state index in [1.165, 1.54) is 16.8 Å². The highest BCUT2D eigenvalue weighted by atomic mass is 16.5. The fourth-order valence-electron chi connectivity index (χ4n) is 5.82. The molecule has 42 heavy (non-hydrogen) atoms. The van der Waals surface area contributed by atoms with Gasteiger partial charge in [0.25, 0.3) is 0 Å². The number of carbonyl (C=O) groups excluding carboxylic acids is 1. The Hall–Kier alpha value is -4.50. The molecule has 6 rings (SSSR count). The van der Waals surface area contributed by atoms with Crippen LogP contribution in [-0.2, 0) is 13.0 Å². The van der Waals surface area contributed by atoms with Crippen molar-refractivity contribution in [2.24, 2.45) is 0 Å². The molecule has 2 aliphatic heterocycles. The van der Waals surface area contributed by atoms with E-state index in [1.54, 1.807) is 35.2 Å². The van der Waals surface area contributed by atoms with Crippen molar-refractivity contribution < 1.29 is 9.53 Å². The molecular formula is C33H37N7O2. The molecule has 0 aliphatic carbocycles. The van der Waals surface area contributed by atoms with Crippen LogP contribution >= 0.6 is 0 Å². The average Bonchev–Trinajstić information content (AvgIpc) is 2.99. The summed E-state index contributed by atoms with van der Waals surface area (Å²) < 4.78 is 5.32. The quantitative estimate of drug-likeness (QED) is 0.310. The van der Waals surface area contributed by atoms with E-state index >= 15 is 0 Å². The normalized spacial score (nSPS) is 15.6. The number of aryl methyl sites for hydroxylation is 3. The first-order chi connectivity index (χ1) is 20.3. The molecule has 1 fully saturated rings. The molecular weight excluding hydrogens is 526 g/mol. The summed E-state index contributed by atoms with van der Waals surface area (Å²) in [6.45, 7) is 10.8. The van der Waals surface area contributed by atoms with E-state index in [0.717, 1.165) is 48.6 Å². The minimum atomic E-state index is -0.199. The summed E-state index contributed by atoms with van der Waals surface area (Å²) in [5.41, 5.74) is 7.45. The molecule has 0 spiro atoms. The van der Waals surface area contributed by atoms with Gasteiger partial charge in [-0.15, -0.1) is 0 Å². The highest BCUT2D eigenvalue weighted by molar-refractivity contribution is 6.10. The minimum Gasteiger partial charge on any atom is -0.495 e. The molecule has 4 heterocycles. The number of rotatable bonds is 6. The number of aromatic nitrogens is 3. The molecule has 216 valence electrons. The fourth-order valence-corrected chi connectivity index (χ4v) is 5.82. The van der Waals surface area contributed by atoms with Gasteiger partial charge in [-0.2, -0.15) is 0 Å². The SMILES string of the molecule is COc1ccc(N2C(=O)N(c3c(C)cccc3C)Cc3cnc(Cc4ccc(N5CCN(C)CC5)cc4C)nc32)nc1. The van der Waals surface area contributed by atoms with Crippen molar-refractivity contribution in [1.82, 2.24) is 19.9 Å². The van der Waals surface area contributed by atoms with E-state index in [1.807, 2.05) is 38.2 Å². The van der Waals surface area contributed by atoms with Gasteiger partial charge in [-0.05, 0) is 74.3 Å². The van der Waals surface area contributed by atoms with Crippen LogP contribution in [-0.4, -0.2) is 66.2 Å². The summed E-state index contributed by atoms with van der Waals surface area (Å²) in [4.78, 5) is 36.7. The number of methoxy groups -OCH3 is 1. The first kappa shape index (κ1) is 27.7. The summed E-state index contributed by atoms with van der Waals surface area (Å²) >= 11 is 0. The lowest BCUT2D eigenvalue weighted by atomic mass is 10.0. The molecule has 0 N–H and O–H groups in total. The Balaban J connectivity index is 1.34. The van der Waals surface area contributed by atoms with E-state index < -0.39 is 0 Å². The van der Waals surface area contributed by atoms with Crippen LogP contribution in [0.25, 0.3) is 0 Å². The Morgan fingerprint density at radius 3 is 2.31 bits per heavy atom. The van der Waals surface area contributed by atoms with Gasteiger partial charge in [0.1, 0.15) is 17.4 Å². The summed E-state index contributed by atoms with van der Waals surface area (Å²) in [5, 5.41) is 0. The van der Waals surface area contributed by atoms with Crippen LogP contribution in [0.1, 0.15) is 33.6 Å². The minimum absolute atomic E-state index is 0.199. The third kappa shape index (κ3) is 5.27. The van der Waals surface area contributed by atoms with Gasteiger partial charge in [-0.3, -0.25) is 4.90 Å². The van der Waals surface area contributed by atoms with Gasteiger partial charge in [0, 0.05) is 50.0 Å². The molecule has 9 heteroatoms. The second-order valence-corrected chi connectivity index (χ2v) is 11.2. The molecule has 0 atom stereocenters. The first-order valence-electron chi connectivity index (χ1n) is 14.4. The molecule has 2 amide bonds. The summed E-state index contributed by atoms with van der Waals surface area (Å²) in [6, 6.07) is 16.1. The molecule has 2 aliphatic rings. The van der Waals surface area contributed by atoms with Crippen molar-refractivity contribution in [2.45, 2.75) is 33.7 Å². The lowest BCUT2D eigenvalue weighted by Gasteiger charge is -2.36. The third-order valence-corrected chi connectivity index (χ3v) is 8.29. The van der Waals surface area contributed by atoms with Gasteiger partial charge >= 0.3 is 6.03 Å². The molecule has 4 aromatic rings. The number of amides is 2. The summed E-state index contributed by atoms with van der Waals surface area (Å²) in [6.07, 6.45) is 4.05. The number of benzene rings is 2. The van der Waals surface area contributed by atoms with Crippen LogP contribution in [0.15, 0.2) is 60.9 Å². The zero-order chi connectivity index (χ0) is 29.4. The number of hydrogen-bond donors (Lipinski definition) is 0. The van der Waals surface area contributed by atoms with Gasteiger partial charge in [0.15, 0.2) is 5.82 Å². The number of piperazine rings is 1. The van der Waals surface area contributed by atoms with Crippen LogP contribution in [0.5, 0.6) is 5.75 Å². The monoisotopic (exact) mass is 563 g/mol. The smallest absolute Gasteiger partial charge is 0.336 e. The number of urea groups is 1. The summed E-state index contributed by atoms with van der Waals surface area (Å²) in [7, 11) is 3.77. The Labute approximate surface area is 247 Å². The van der Waals surface area contributed by atoms with E-state index in [-0.39, 0.29) is 6.03 Å². The molecule has 2 aromatic heterocycles. The fraction of sp³-hybridized carbons (Fsp3) is 0.333. The molecule has 0 radical (unpaired) electrons. The second-order valence-electron chi connectivity index (χ2n) is 11.2. The van der Waals surface area contributed by atoms with E-state index in [9.17, 15) is 4.79 Å². The Morgan fingerprint density at radius 1 is 0.881 bits per heavy atom. The maximum absolute atomic E-state index is 14.2. The Kier molecular flexibility index (Phi) is 7.51. The Morgan fingerprint density at radius 2 is 1.64 bits per heavy atom. The van der Waals surface area contributed by atoms with Crippen LogP contribution < -0.4 is 19.4 Å². The third-order valence-electron chi connectivity index (χ3n) is 8.29. The number of para-hydroxylation sites is 1. The lowest BCUT2D eigenvalue weighted by Crippen LogP contribution is -2.46. The van der Waals surface area contributed by atoms with Crippen molar-refractivity contribution in [1.29, 1.82) is 0 Å². The predicted octanol–water partition coefficient (Wildman–Crippen LogP) is 5.43. The summed E-state index contributed by atoms with van der Waals surface area (Å²) in [5.74, 6) is 2.33. The highest BCUT2D eigenvalue weighted by Gasteiger charge is 2.36. The number of carbonyl (C=O) groups is 1. The molecule has 1 saturated heterocycles. The zero-order valence-electron chi connectivity index (χ0n) is 25.0. The van der Waals surface area contributed by atoms with Crippen LogP contribution in [0.3, 0.4) is 0 Å². The highest BCUT2D eigenvalue weighted by Crippen LogP contribution is 2.37. The maximum Gasteiger partial charge on any atom is 0.336 e. The lowest BCUT2D eigenvalue weighted by molar-refractivity contribution is 0.252. The number of ether oxygens (including phenoxy) is 1. The van der Waals surface area contributed by atoms with Gasteiger partial charge in [0.2, 0.25) is 0 Å². The maximum atomic E-state index is 14.2. The van der Waals surface area contributed by atoms with Crippen molar-refractivity contribution in [3.63, 3.8) is 0 Å². The molecule has 0 saturated carbocycles. The number of nitrogens with zero attached hydrogens (tertiary/aromatic N) is 7. The average molecular weight is 564 g/mol. The predicted molar refractivity (Wildman–Crippen MR) is 166 cm³/mol. The number of pyridine rings is 1. The van der Waals surface area contributed by atoms with Crippen LogP contribution in [0.2, 0.25) is 0 Å². The number of likely N-dealkylation sites (N-methyl/N-ethyl adjacent to an activating group) is 1. The van der Waals surface area contributed by atoms with Gasteiger partial charge in [-0.1, -0.05) is 24.3 Å². The topological polar surface area (TPSA) is 77.9 Å². The molecule has 2 aromatic carbocycles. The standard InChI is InChI=1S/C33H37N7O2/c1-22-7-6-8-23(2)31(22)39-21-26-19-34-29(36-32(26)40(33(39)41)30-12-11-28(42-5)20-35-30)18-25-9-10-27(17-24(25)3)38-15-13-37(4)14-16-38/h6-12,17,19-20H,13-16,18,21H2,1-5H3. The second kappa shape index (κ2) is 11.4. The van der Waals surface area contributed by atoms with Gasteiger partial charge in [0.05, 0.1) is 25.5 Å². The van der Waals surface area contributed by atoms with E-state index in [2.05, 4.69) is 47.0 Å². The van der Waals surface area contributed by atoms with Crippen LogP contribution in [0.4, 0.5) is 27.8 Å². The number of anilines is 4. The van der Waals surface area contributed by atoms with Gasteiger partial charge in [-0.25, -0.2) is 24.6 Å².